The fourth-order valence-electron chi connectivity index (χ4n) is 1.88. The molecule has 0 aliphatic heterocycles. The van der Waals surface area contributed by atoms with Crippen LogP contribution in [0.25, 0.3) is 0 Å². The molecule has 0 saturated heterocycles. The molecule has 0 aliphatic carbocycles. The molecule has 0 heterocycles. The van der Waals surface area contributed by atoms with Crippen LogP contribution in [-0.2, 0) is 0 Å². The first kappa shape index (κ1) is 15.2. The molecule has 1 aromatic rings. The lowest BCUT2D eigenvalue weighted by Gasteiger charge is -2.32. The normalized spacial score (nSPS) is 15.4. The SMILES string of the molecule is CC(NC(CCCO)c1ccccc1)C(C)(C)C. The van der Waals surface area contributed by atoms with E-state index in [-0.39, 0.29) is 12.0 Å². The first-order valence-corrected chi connectivity index (χ1v) is 6.87. The highest BCUT2D eigenvalue weighted by molar-refractivity contribution is 5.19. The molecule has 2 atom stereocenters. The summed E-state index contributed by atoms with van der Waals surface area (Å²) in [6, 6.07) is 11.3. The monoisotopic (exact) mass is 249 g/mol. The quantitative estimate of drug-likeness (QED) is 0.808. The Morgan fingerprint density at radius 3 is 2.28 bits per heavy atom. The van der Waals surface area contributed by atoms with Crippen molar-refractivity contribution in [3.05, 3.63) is 35.9 Å². The molecule has 0 amide bonds. The zero-order chi connectivity index (χ0) is 13.6. The second-order valence-electron chi connectivity index (χ2n) is 6.08. The van der Waals surface area contributed by atoms with Crippen molar-refractivity contribution in [1.29, 1.82) is 0 Å². The van der Waals surface area contributed by atoms with Crippen LogP contribution >= 0.6 is 0 Å². The van der Waals surface area contributed by atoms with Gasteiger partial charge in [-0.05, 0) is 30.7 Å². The molecule has 1 aromatic carbocycles. The van der Waals surface area contributed by atoms with Crippen LogP contribution in [0.1, 0.15) is 52.1 Å². The summed E-state index contributed by atoms with van der Waals surface area (Å²) in [5.41, 5.74) is 1.55. The molecular weight excluding hydrogens is 222 g/mol. The van der Waals surface area contributed by atoms with Crippen LogP contribution in [0.5, 0.6) is 0 Å². The fourth-order valence-corrected chi connectivity index (χ4v) is 1.88. The molecule has 2 unspecified atom stereocenters. The molecule has 1 rings (SSSR count). The molecule has 0 aromatic heterocycles. The summed E-state index contributed by atoms with van der Waals surface area (Å²) in [6.07, 6.45) is 1.81. The van der Waals surface area contributed by atoms with Crippen LogP contribution in [0.2, 0.25) is 0 Å². The van der Waals surface area contributed by atoms with Gasteiger partial charge in [-0.2, -0.15) is 0 Å². The summed E-state index contributed by atoms with van der Waals surface area (Å²) in [4.78, 5) is 0. The fraction of sp³-hybridized carbons (Fsp3) is 0.625. The molecular formula is C16H27NO. The largest absolute Gasteiger partial charge is 0.396 e. The van der Waals surface area contributed by atoms with E-state index < -0.39 is 0 Å². The van der Waals surface area contributed by atoms with E-state index >= 15 is 0 Å². The topological polar surface area (TPSA) is 32.3 Å². The third-order valence-corrected chi connectivity index (χ3v) is 3.60. The van der Waals surface area contributed by atoms with E-state index in [1.54, 1.807) is 0 Å². The van der Waals surface area contributed by atoms with Crippen molar-refractivity contribution >= 4 is 0 Å². The van der Waals surface area contributed by atoms with Gasteiger partial charge in [-0.15, -0.1) is 0 Å². The number of rotatable bonds is 6. The maximum absolute atomic E-state index is 9.03. The third kappa shape index (κ3) is 4.79. The molecule has 0 radical (unpaired) electrons. The number of aliphatic hydroxyl groups excluding tert-OH is 1. The number of nitrogens with one attached hydrogen (secondary N) is 1. The van der Waals surface area contributed by atoms with Crippen LogP contribution in [0.15, 0.2) is 30.3 Å². The van der Waals surface area contributed by atoms with Crippen molar-refractivity contribution in [1.82, 2.24) is 5.32 Å². The Kier molecular flexibility index (Phi) is 5.83. The Balaban J connectivity index is 2.73. The van der Waals surface area contributed by atoms with Gasteiger partial charge in [0.05, 0.1) is 0 Å². The maximum Gasteiger partial charge on any atom is 0.0431 e. The Labute approximate surface area is 111 Å². The lowest BCUT2D eigenvalue weighted by atomic mass is 9.86. The van der Waals surface area contributed by atoms with Gasteiger partial charge < -0.3 is 10.4 Å². The molecule has 0 fully saturated rings. The number of hydrogen-bond donors (Lipinski definition) is 2. The van der Waals surface area contributed by atoms with Crippen molar-refractivity contribution in [2.75, 3.05) is 6.61 Å². The summed E-state index contributed by atoms with van der Waals surface area (Å²) >= 11 is 0. The van der Waals surface area contributed by atoms with Gasteiger partial charge in [0.1, 0.15) is 0 Å². The minimum Gasteiger partial charge on any atom is -0.396 e. The first-order valence-electron chi connectivity index (χ1n) is 6.87. The van der Waals surface area contributed by atoms with E-state index in [4.69, 9.17) is 5.11 Å². The highest BCUT2D eigenvalue weighted by Crippen LogP contribution is 2.25. The highest BCUT2D eigenvalue weighted by Gasteiger charge is 2.23. The van der Waals surface area contributed by atoms with Gasteiger partial charge in [-0.25, -0.2) is 0 Å². The average Bonchev–Trinajstić information content (AvgIpc) is 2.34. The molecule has 2 heteroatoms. The van der Waals surface area contributed by atoms with Gasteiger partial charge in [-0.3, -0.25) is 0 Å². The van der Waals surface area contributed by atoms with Crippen molar-refractivity contribution in [3.63, 3.8) is 0 Å². The Bertz CT molecular complexity index is 329. The lowest BCUT2D eigenvalue weighted by molar-refractivity contribution is 0.239. The van der Waals surface area contributed by atoms with E-state index in [0.29, 0.717) is 12.1 Å². The van der Waals surface area contributed by atoms with Crippen molar-refractivity contribution in [2.24, 2.45) is 5.41 Å². The van der Waals surface area contributed by atoms with Gasteiger partial charge in [0.2, 0.25) is 0 Å². The van der Waals surface area contributed by atoms with Gasteiger partial charge in [-0.1, -0.05) is 51.1 Å². The van der Waals surface area contributed by atoms with Gasteiger partial charge in [0.15, 0.2) is 0 Å². The van der Waals surface area contributed by atoms with E-state index in [9.17, 15) is 0 Å². The zero-order valence-corrected chi connectivity index (χ0v) is 12.1. The number of aliphatic hydroxyl groups is 1. The van der Waals surface area contributed by atoms with Crippen LogP contribution in [0.4, 0.5) is 0 Å². The van der Waals surface area contributed by atoms with Crippen LogP contribution in [-0.4, -0.2) is 17.8 Å². The van der Waals surface area contributed by atoms with Gasteiger partial charge in [0.25, 0.3) is 0 Å². The van der Waals surface area contributed by atoms with Crippen molar-refractivity contribution < 1.29 is 5.11 Å². The molecule has 0 spiro atoms. The highest BCUT2D eigenvalue weighted by atomic mass is 16.2. The summed E-state index contributed by atoms with van der Waals surface area (Å²) in [5.74, 6) is 0. The van der Waals surface area contributed by atoms with Crippen molar-refractivity contribution in [3.8, 4) is 0 Å². The Morgan fingerprint density at radius 1 is 1.17 bits per heavy atom. The van der Waals surface area contributed by atoms with Crippen LogP contribution in [0, 0.1) is 5.41 Å². The van der Waals surface area contributed by atoms with Gasteiger partial charge >= 0.3 is 0 Å². The molecule has 18 heavy (non-hydrogen) atoms. The first-order chi connectivity index (χ1) is 8.45. The van der Waals surface area contributed by atoms with Gasteiger partial charge in [0, 0.05) is 18.7 Å². The smallest absolute Gasteiger partial charge is 0.0431 e. The molecule has 0 bridgehead atoms. The molecule has 102 valence electrons. The Morgan fingerprint density at radius 2 is 1.78 bits per heavy atom. The van der Waals surface area contributed by atoms with E-state index in [1.807, 2.05) is 6.07 Å². The molecule has 2 nitrogen and oxygen atoms in total. The third-order valence-electron chi connectivity index (χ3n) is 3.60. The minimum absolute atomic E-state index is 0.242. The predicted octanol–water partition coefficient (Wildman–Crippen LogP) is 3.52. The number of hydrogen-bond acceptors (Lipinski definition) is 2. The minimum atomic E-state index is 0.242. The van der Waals surface area contributed by atoms with Crippen LogP contribution < -0.4 is 5.32 Å². The second-order valence-corrected chi connectivity index (χ2v) is 6.08. The summed E-state index contributed by atoms with van der Waals surface area (Å²) < 4.78 is 0. The predicted molar refractivity (Wildman–Crippen MR) is 77.6 cm³/mol. The summed E-state index contributed by atoms with van der Waals surface area (Å²) in [7, 11) is 0. The average molecular weight is 249 g/mol. The Hall–Kier alpha value is -0.860. The maximum atomic E-state index is 9.03. The van der Waals surface area contributed by atoms with E-state index in [1.165, 1.54) is 5.56 Å². The second kappa shape index (κ2) is 6.91. The zero-order valence-electron chi connectivity index (χ0n) is 12.1. The number of benzene rings is 1. The summed E-state index contributed by atoms with van der Waals surface area (Å²) in [6.45, 7) is 9.24. The van der Waals surface area contributed by atoms with E-state index in [0.717, 1.165) is 12.8 Å². The summed E-state index contributed by atoms with van der Waals surface area (Å²) in [5, 5.41) is 12.7. The molecule has 0 aliphatic rings. The van der Waals surface area contributed by atoms with E-state index in [2.05, 4.69) is 57.3 Å². The molecule has 0 saturated carbocycles. The molecule has 2 N–H and O–H groups in total. The standard InChI is InChI=1S/C16H27NO/c1-13(16(2,3)4)17-15(11-8-12-18)14-9-6-5-7-10-14/h5-7,9-10,13,15,17-18H,8,11-12H2,1-4H3. The van der Waals surface area contributed by atoms with Crippen LogP contribution in [0.3, 0.4) is 0 Å². The lowest BCUT2D eigenvalue weighted by Crippen LogP contribution is -2.40. The van der Waals surface area contributed by atoms with Crippen molar-refractivity contribution in [2.45, 2.75) is 52.6 Å².